The van der Waals surface area contributed by atoms with Crippen molar-refractivity contribution in [1.29, 1.82) is 0 Å². The summed E-state index contributed by atoms with van der Waals surface area (Å²) in [7, 11) is 0. The number of ether oxygens (including phenoxy) is 2. The van der Waals surface area contributed by atoms with Crippen molar-refractivity contribution in [2.45, 2.75) is 26.4 Å². The average Bonchev–Trinajstić information content (AvgIpc) is 3.04. The van der Waals surface area contributed by atoms with Crippen LogP contribution in [0.4, 0.5) is 5.69 Å². The van der Waals surface area contributed by atoms with E-state index in [2.05, 4.69) is 15.5 Å². The van der Waals surface area contributed by atoms with E-state index >= 15 is 0 Å². The van der Waals surface area contributed by atoms with Gasteiger partial charge in [-0.15, -0.1) is 10.2 Å². The van der Waals surface area contributed by atoms with Crippen LogP contribution in [0.15, 0.2) is 41.2 Å². The Hall–Kier alpha value is -3.26. The van der Waals surface area contributed by atoms with Gasteiger partial charge in [-0.2, -0.15) is 0 Å². The number of nitrogens with zero attached hydrogens (tertiary/aromatic N) is 4. The fourth-order valence-electron chi connectivity index (χ4n) is 3.71. The van der Waals surface area contributed by atoms with Crippen molar-refractivity contribution in [2.24, 2.45) is 0 Å². The Morgan fingerprint density at radius 1 is 1.13 bits per heavy atom. The molecule has 4 aromatic rings. The van der Waals surface area contributed by atoms with Crippen LogP contribution in [-0.4, -0.2) is 32.4 Å². The molecule has 0 aliphatic carbocycles. The van der Waals surface area contributed by atoms with Crippen molar-refractivity contribution in [3.63, 3.8) is 0 Å². The van der Waals surface area contributed by atoms with E-state index in [1.54, 1.807) is 10.6 Å². The fraction of sp³-hybridized carbons (Fsp3) is 0.286. The van der Waals surface area contributed by atoms with E-state index in [0.29, 0.717) is 65.5 Å². The van der Waals surface area contributed by atoms with Gasteiger partial charge in [0.2, 0.25) is 5.78 Å². The van der Waals surface area contributed by atoms with Crippen LogP contribution in [0.3, 0.4) is 0 Å². The fourth-order valence-corrected chi connectivity index (χ4v) is 3.93. The number of aromatic nitrogens is 4. The SMILES string of the molecule is CCn1c(=O)c2ccccc2n2c(CNc3cc4c(cc3Cl)OCCCO4)nnc12. The average molecular weight is 426 g/mol. The molecule has 2 aromatic carbocycles. The van der Waals surface area contributed by atoms with Gasteiger partial charge >= 0.3 is 0 Å². The summed E-state index contributed by atoms with van der Waals surface area (Å²) in [5, 5.41) is 13.1. The first kappa shape index (κ1) is 18.7. The van der Waals surface area contributed by atoms with Crippen molar-refractivity contribution in [3.8, 4) is 11.5 Å². The lowest BCUT2D eigenvalue weighted by Gasteiger charge is -2.13. The lowest BCUT2D eigenvalue weighted by Crippen LogP contribution is -2.23. The molecule has 3 heterocycles. The molecule has 30 heavy (non-hydrogen) atoms. The van der Waals surface area contributed by atoms with Gasteiger partial charge in [0.15, 0.2) is 17.3 Å². The highest BCUT2D eigenvalue weighted by molar-refractivity contribution is 6.33. The Balaban J connectivity index is 1.55. The molecule has 0 radical (unpaired) electrons. The summed E-state index contributed by atoms with van der Waals surface area (Å²) >= 11 is 6.45. The Kier molecular flexibility index (Phi) is 4.71. The molecular weight excluding hydrogens is 406 g/mol. The lowest BCUT2D eigenvalue weighted by atomic mass is 10.2. The van der Waals surface area contributed by atoms with Gasteiger partial charge in [-0.05, 0) is 19.1 Å². The summed E-state index contributed by atoms with van der Waals surface area (Å²) in [6.45, 7) is 4.00. The number of hydrogen-bond donors (Lipinski definition) is 1. The highest BCUT2D eigenvalue weighted by Crippen LogP contribution is 2.37. The molecule has 0 atom stereocenters. The summed E-state index contributed by atoms with van der Waals surface area (Å²) < 4.78 is 15.0. The largest absolute Gasteiger partial charge is 0.490 e. The molecule has 8 nitrogen and oxygen atoms in total. The van der Waals surface area contributed by atoms with E-state index in [1.165, 1.54) is 0 Å². The highest BCUT2D eigenvalue weighted by Gasteiger charge is 2.17. The van der Waals surface area contributed by atoms with Crippen LogP contribution in [0, 0.1) is 0 Å². The third-order valence-corrected chi connectivity index (χ3v) is 5.48. The number of aryl methyl sites for hydroxylation is 1. The molecule has 1 aliphatic rings. The van der Waals surface area contributed by atoms with Crippen molar-refractivity contribution < 1.29 is 9.47 Å². The predicted octanol–water partition coefficient (Wildman–Crippen LogP) is 3.49. The molecular formula is C21H20ClN5O3. The number of anilines is 1. The van der Waals surface area contributed by atoms with Crippen LogP contribution >= 0.6 is 11.6 Å². The van der Waals surface area contributed by atoms with Crippen LogP contribution < -0.4 is 20.3 Å². The number of para-hydroxylation sites is 1. The number of benzene rings is 2. The smallest absolute Gasteiger partial charge is 0.262 e. The second-order valence-electron chi connectivity index (χ2n) is 7.00. The van der Waals surface area contributed by atoms with E-state index in [0.717, 1.165) is 11.9 Å². The standard InChI is InChI=1S/C21H20ClN5O3/c1-2-26-20(28)13-6-3-4-7-16(13)27-19(24-25-21(26)27)12-23-15-11-18-17(10-14(15)22)29-8-5-9-30-18/h3-4,6-7,10-11,23H,2,5,8-9,12H2,1H3. The first-order valence-corrected chi connectivity index (χ1v) is 10.2. The quantitative estimate of drug-likeness (QED) is 0.539. The minimum atomic E-state index is -0.0709. The van der Waals surface area contributed by atoms with Gasteiger partial charge in [0.05, 0.1) is 41.4 Å². The monoisotopic (exact) mass is 425 g/mol. The maximum atomic E-state index is 12.8. The molecule has 154 valence electrons. The molecule has 1 N–H and O–H groups in total. The molecule has 2 aromatic heterocycles. The van der Waals surface area contributed by atoms with Crippen LogP contribution in [0.1, 0.15) is 19.2 Å². The summed E-state index contributed by atoms with van der Waals surface area (Å²) in [5.74, 6) is 2.50. The minimum Gasteiger partial charge on any atom is -0.490 e. The summed E-state index contributed by atoms with van der Waals surface area (Å²) in [6, 6.07) is 11.1. The molecule has 0 spiro atoms. The second kappa shape index (κ2) is 7.53. The molecule has 9 heteroatoms. The molecule has 0 bridgehead atoms. The number of rotatable bonds is 4. The Bertz CT molecular complexity index is 1310. The van der Waals surface area contributed by atoms with Gasteiger partial charge in [-0.3, -0.25) is 13.8 Å². The van der Waals surface area contributed by atoms with Gasteiger partial charge in [0, 0.05) is 25.1 Å². The lowest BCUT2D eigenvalue weighted by molar-refractivity contribution is 0.297. The molecule has 0 unspecified atom stereocenters. The highest BCUT2D eigenvalue weighted by atomic mass is 35.5. The van der Waals surface area contributed by atoms with E-state index in [9.17, 15) is 4.79 Å². The molecule has 0 amide bonds. The maximum Gasteiger partial charge on any atom is 0.262 e. The molecule has 0 saturated carbocycles. The van der Waals surface area contributed by atoms with Gasteiger partial charge in [-0.25, -0.2) is 0 Å². The van der Waals surface area contributed by atoms with E-state index < -0.39 is 0 Å². The van der Waals surface area contributed by atoms with Crippen LogP contribution in [0.25, 0.3) is 16.7 Å². The zero-order valence-corrected chi connectivity index (χ0v) is 17.1. The summed E-state index contributed by atoms with van der Waals surface area (Å²) in [4.78, 5) is 12.8. The Morgan fingerprint density at radius 3 is 2.70 bits per heavy atom. The maximum absolute atomic E-state index is 12.8. The van der Waals surface area contributed by atoms with E-state index in [-0.39, 0.29) is 5.56 Å². The normalized spacial score (nSPS) is 13.5. The van der Waals surface area contributed by atoms with Crippen LogP contribution in [0.5, 0.6) is 11.5 Å². The number of hydrogen-bond acceptors (Lipinski definition) is 6. The zero-order chi connectivity index (χ0) is 20.7. The molecule has 5 rings (SSSR count). The summed E-state index contributed by atoms with van der Waals surface area (Å²) in [5.41, 5.74) is 1.41. The number of halogens is 1. The predicted molar refractivity (Wildman–Crippen MR) is 115 cm³/mol. The molecule has 1 aliphatic heterocycles. The van der Waals surface area contributed by atoms with Gasteiger partial charge in [-0.1, -0.05) is 23.7 Å². The van der Waals surface area contributed by atoms with Crippen molar-refractivity contribution in [2.75, 3.05) is 18.5 Å². The van der Waals surface area contributed by atoms with Crippen LogP contribution in [-0.2, 0) is 13.1 Å². The third kappa shape index (κ3) is 3.04. The van der Waals surface area contributed by atoms with Gasteiger partial charge in [0.1, 0.15) is 0 Å². The topological polar surface area (TPSA) is 82.7 Å². The number of nitrogens with one attached hydrogen (secondary N) is 1. The number of fused-ring (bicyclic) bond motifs is 4. The Labute approximate surface area is 177 Å². The first-order chi connectivity index (χ1) is 14.7. The van der Waals surface area contributed by atoms with Crippen molar-refractivity contribution in [1.82, 2.24) is 19.2 Å². The second-order valence-corrected chi connectivity index (χ2v) is 7.41. The zero-order valence-electron chi connectivity index (χ0n) is 16.4. The van der Waals surface area contributed by atoms with Gasteiger partial charge < -0.3 is 14.8 Å². The van der Waals surface area contributed by atoms with Gasteiger partial charge in [0.25, 0.3) is 5.56 Å². The first-order valence-electron chi connectivity index (χ1n) is 9.86. The third-order valence-electron chi connectivity index (χ3n) is 5.17. The molecule has 0 fully saturated rings. The van der Waals surface area contributed by atoms with Crippen molar-refractivity contribution >= 4 is 34.0 Å². The van der Waals surface area contributed by atoms with E-state index in [1.807, 2.05) is 41.7 Å². The van der Waals surface area contributed by atoms with Crippen LogP contribution in [0.2, 0.25) is 5.02 Å². The van der Waals surface area contributed by atoms with E-state index in [4.69, 9.17) is 21.1 Å². The van der Waals surface area contributed by atoms with Crippen molar-refractivity contribution in [3.05, 3.63) is 57.6 Å². The summed E-state index contributed by atoms with van der Waals surface area (Å²) in [6.07, 6.45) is 0.826. The Morgan fingerprint density at radius 2 is 1.90 bits per heavy atom. The molecule has 0 saturated heterocycles. The minimum absolute atomic E-state index is 0.0709.